The van der Waals surface area contributed by atoms with E-state index in [-0.39, 0.29) is 0 Å². The normalized spacial score (nSPS) is 30.2. The summed E-state index contributed by atoms with van der Waals surface area (Å²) in [5.74, 6) is 1.35. The summed E-state index contributed by atoms with van der Waals surface area (Å²) in [6.45, 7) is 12.3. The van der Waals surface area contributed by atoms with Crippen molar-refractivity contribution in [3.63, 3.8) is 0 Å². The van der Waals surface area contributed by atoms with Crippen LogP contribution in [0.5, 0.6) is 0 Å². The SMILES string of the molecule is C=CC1=C(C=C)C(C)CCC1C. The first-order chi connectivity index (χ1) is 5.70. The molecule has 0 aliphatic heterocycles. The second kappa shape index (κ2) is 3.75. The average molecular weight is 162 g/mol. The van der Waals surface area contributed by atoms with Crippen molar-refractivity contribution in [2.45, 2.75) is 26.7 Å². The van der Waals surface area contributed by atoms with Gasteiger partial charge in [-0.3, -0.25) is 0 Å². The topological polar surface area (TPSA) is 0 Å². The van der Waals surface area contributed by atoms with Crippen molar-refractivity contribution in [3.05, 3.63) is 36.5 Å². The van der Waals surface area contributed by atoms with E-state index in [4.69, 9.17) is 0 Å². The Morgan fingerprint density at radius 3 is 1.58 bits per heavy atom. The van der Waals surface area contributed by atoms with Crippen LogP contribution in [0, 0.1) is 11.8 Å². The molecular formula is C12H18. The zero-order chi connectivity index (χ0) is 9.14. The fourth-order valence-corrected chi connectivity index (χ4v) is 2.02. The summed E-state index contributed by atoms with van der Waals surface area (Å²) in [4.78, 5) is 0. The third kappa shape index (κ3) is 1.52. The second-order valence-corrected chi connectivity index (χ2v) is 3.70. The van der Waals surface area contributed by atoms with E-state index in [1.807, 2.05) is 12.2 Å². The zero-order valence-corrected chi connectivity index (χ0v) is 8.14. The lowest BCUT2D eigenvalue weighted by atomic mass is 9.78. The molecule has 0 heteroatoms. The highest BCUT2D eigenvalue weighted by Gasteiger charge is 2.20. The fourth-order valence-electron chi connectivity index (χ4n) is 2.02. The Morgan fingerprint density at radius 2 is 1.33 bits per heavy atom. The standard InChI is InChI=1S/C12H18/c1-5-11-9(3)7-8-10(4)12(11)6-2/h5-6,9-10H,1-2,7-8H2,3-4H3. The van der Waals surface area contributed by atoms with Crippen LogP contribution in [-0.4, -0.2) is 0 Å². The molecular weight excluding hydrogens is 144 g/mol. The molecule has 0 spiro atoms. The van der Waals surface area contributed by atoms with Gasteiger partial charge >= 0.3 is 0 Å². The van der Waals surface area contributed by atoms with Gasteiger partial charge in [0.05, 0.1) is 0 Å². The largest absolute Gasteiger partial charge is 0.0988 e. The van der Waals surface area contributed by atoms with Crippen LogP contribution in [0.25, 0.3) is 0 Å². The summed E-state index contributed by atoms with van der Waals surface area (Å²) in [7, 11) is 0. The summed E-state index contributed by atoms with van der Waals surface area (Å²) in [5.41, 5.74) is 2.81. The van der Waals surface area contributed by atoms with Crippen LogP contribution in [0.4, 0.5) is 0 Å². The van der Waals surface area contributed by atoms with E-state index in [1.54, 1.807) is 0 Å². The molecule has 12 heavy (non-hydrogen) atoms. The maximum Gasteiger partial charge on any atom is -0.0188 e. The van der Waals surface area contributed by atoms with Crippen molar-refractivity contribution in [1.29, 1.82) is 0 Å². The summed E-state index contributed by atoms with van der Waals surface area (Å²) in [6.07, 6.45) is 6.58. The Morgan fingerprint density at radius 1 is 1.00 bits per heavy atom. The molecule has 0 aromatic rings. The van der Waals surface area contributed by atoms with Gasteiger partial charge in [-0.2, -0.15) is 0 Å². The highest BCUT2D eigenvalue weighted by molar-refractivity contribution is 5.36. The van der Waals surface area contributed by atoms with Gasteiger partial charge in [0.2, 0.25) is 0 Å². The van der Waals surface area contributed by atoms with Gasteiger partial charge in [0.1, 0.15) is 0 Å². The van der Waals surface area contributed by atoms with Gasteiger partial charge < -0.3 is 0 Å². The lowest BCUT2D eigenvalue weighted by molar-refractivity contribution is 0.471. The molecule has 0 nitrogen and oxygen atoms in total. The molecule has 0 bridgehead atoms. The van der Waals surface area contributed by atoms with Crippen molar-refractivity contribution in [2.24, 2.45) is 11.8 Å². The minimum absolute atomic E-state index is 0.673. The molecule has 1 aliphatic carbocycles. The maximum atomic E-state index is 3.86. The Kier molecular flexibility index (Phi) is 2.91. The molecule has 0 aromatic carbocycles. The highest BCUT2D eigenvalue weighted by atomic mass is 14.2. The van der Waals surface area contributed by atoms with Crippen molar-refractivity contribution in [1.82, 2.24) is 0 Å². The van der Waals surface area contributed by atoms with E-state index in [9.17, 15) is 0 Å². The van der Waals surface area contributed by atoms with Crippen LogP contribution >= 0.6 is 0 Å². The predicted octanol–water partition coefficient (Wildman–Crippen LogP) is 3.72. The highest BCUT2D eigenvalue weighted by Crippen LogP contribution is 2.34. The van der Waals surface area contributed by atoms with Gasteiger partial charge in [-0.15, -0.1) is 0 Å². The number of hydrogen-bond acceptors (Lipinski definition) is 0. The summed E-state index contributed by atoms with van der Waals surface area (Å²) < 4.78 is 0. The third-order valence-electron chi connectivity index (χ3n) is 2.87. The van der Waals surface area contributed by atoms with Crippen molar-refractivity contribution >= 4 is 0 Å². The molecule has 0 saturated carbocycles. The van der Waals surface area contributed by atoms with Gasteiger partial charge in [0, 0.05) is 0 Å². The first-order valence-electron chi connectivity index (χ1n) is 4.69. The summed E-state index contributed by atoms with van der Waals surface area (Å²) in [6, 6.07) is 0. The van der Waals surface area contributed by atoms with Crippen molar-refractivity contribution in [3.8, 4) is 0 Å². The van der Waals surface area contributed by atoms with E-state index in [0.717, 1.165) is 0 Å². The molecule has 0 radical (unpaired) electrons. The Bertz CT molecular complexity index is 196. The predicted molar refractivity (Wildman–Crippen MR) is 55.0 cm³/mol. The van der Waals surface area contributed by atoms with Gasteiger partial charge in [-0.1, -0.05) is 39.2 Å². The van der Waals surface area contributed by atoms with Crippen LogP contribution in [-0.2, 0) is 0 Å². The van der Waals surface area contributed by atoms with E-state index in [0.29, 0.717) is 11.8 Å². The lowest BCUT2D eigenvalue weighted by Gasteiger charge is -2.27. The Balaban J connectivity index is 3.05. The maximum absolute atomic E-state index is 3.86. The van der Waals surface area contributed by atoms with E-state index in [2.05, 4.69) is 27.0 Å². The molecule has 1 aliphatic rings. The fraction of sp³-hybridized carbons (Fsp3) is 0.500. The number of hydrogen-bond donors (Lipinski definition) is 0. The smallest absolute Gasteiger partial charge is 0.0188 e. The molecule has 0 amide bonds. The number of allylic oxidation sites excluding steroid dienone is 4. The molecule has 0 heterocycles. The van der Waals surface area contributed by atoms with Gasteiger partial charge in [-0.05, 0) is 35.8 Å². The van der Waals surface area contributed by atoms with Crippen molar-refractivity contribution < 1.29 is 0 Å². The molecule has 2 atom stereocenters. The molecule has 2 unspecified atom stereocenters. The molecule has 0 saturated heterocycles. The van der Waals surface area contributed by atoms with E-state index < -0.39 is 0 Å². The Labute approximate surface area is 75.7 Å². The third-order valence-corrected chi connectivity index (χ3v) is 2.87. The monoisotopic (exact) mass is 162 g/mol. The van der Waals surface area contributed by atoms with Crippen LogP contribution < -0.4 is 0 Å². The molecule has 0 aromatic heterocycles. The molecule has 66 valence electrons. The number of rotatable bonds is 2. The van der Waals surface area contributed by atoms with Gasteiger partial charge in [0.15, 0.2) is 0 Å². The Hall–Kier alpha value is -0.780. The molecule has 1 rings (SSSR count). The summed E-state index contributed by atoms with van der Waals surface area (Å²) in [5, 5.41) is 0. The average Bonchev–Trinajstić information content (AvgIpc) is 2.08. The van der Waals surface area contributed by atoms with Crippen LogP contribution in [0.3, 0.4) is 0 Å². The van der Waals surface area contributed by atoms with E-state index >= 15 is 0 Å². The van der Waals surface area contributed by atoms with Crippen LogP contribution in [0.1, 0.15) is 26.7 Å². The van der Waals surface area contributed by atoms with Gasteiger partial charge in [-0.25, -0.2) is 0 Å². The molecule has 0 N–H and O–H groups in total. The molecule has 0 fully saturated rings. The quantitative estimate of drug-likeness (QED) is 0.580. The minimum Gasteiger partial charge on any atom is -0.0988 e. The van der Waals surface area contributed by atoms with Crippen molar-refractivity contribution in [2.75, 3.05) is 0 Å². The first kappa shape index (κ1) is 9.31. The lowest BCUT2D eigenvalue weighted by Crippen LogP contribution is -2.13. The van der Waals surface area contributed by atoms with Gasteiger partial charge in [0.25, 0.3) is 0 Å². The van der Waals surface area contributed by atoms with Crippen LogP contribution in [0.2, 0.25) is 0 Å². The zero-order valence-electron chi connectivity index (χ0n) is 8.14. The van der Waals surface area contributed by atoms with E-state index in [1.165, 1.54) is 24.0 Å². The second-order valence-electron chi connectivity index (χ2n) is 3.70. The summed E-state index contributed by atoms with van der Waals surface area (Å²) >= 11 is 0. The first-order valence-corrected chi connectivity index (χ1v) is 4.69. The minimum atomic E-state index is 0.673. The van der Waals surface area contributed by atoms with Crippen LogP contribution in [0.15, 0.2) is 36.5 Å².